The lowest BCUT2D eigenvalue weighted by atomic mass is 9.84. The van der Waals surface area contributed by atoms with Gasteiger partial charge in [-0.3, -0.25) is 14.5 Å². The zero-order valence-corrected chi connectivity index (χ0v) is 32.7. The van der Waals surface area contributed by atoms with Gasteiger partial charge in [-0.2, -0.15) is 0 Å². The van der Waals surface area contributed by atoms with Crippen molar-refractivity contribution in [2.45, 2.75) is 104 Å². The molecule has 1 aliphatic rings. The number of nitrogens with one attached hydrogen (secondary N) is 4. The van der Waals surface area contributed by atoms with Crippen LogP contribution in [0, 0.1) is 10.8 Å². The number of aliphatic hydroxyl groups is 1. The van der Waals surface area contributed by atoms with Gasteiger partial charge in [-0.25, -0.2) is 26.3 Å². The van der Waals surface area contributed by atoms with Gasteiger partial charge >= 0.3 is 6.03 Å². The molecule has 2 rings (SSSR count). The van der Waals surface area contributed by atoms with E-state index in [0.717, 1.165) is 10.6 Å². The van der Waals surface area contributed by atoms with Gasteiger partial charge in [0.05, 0.1) is 32.6 Å². The fraction of sp³-hybridized carbons (Fsp3) is 0.735. The summed E-state index contributed by atoms with van der Waals surface area (Å²) in [4.78, 5) is 41.5. The topological polar surface area (TPSA) is 199 Å². The summed E-state index contributed by atoms with van der Waals surface area (Å²) in [6, 6.07) is -1.66. The predicted molar refractivity (Wildman–Crippen MR) is 192 cm³/mol. The fourth-order valence-electron chi connectivity index (χ4n) is 5.81. The molecule has 5 atom stereocenters. The van der Waals surface area contributed by atoms with Gasteiger partial charge in [0, 0.05) is 39.1 Å². The van der Waals surface area contributed by atoms with Crippen molar-refractivity contribution in [2.75, 3.05) is 47.2 Å². The molecule has 298 valence electrons. The summed E-state index contributed by atoms with van der Waals surface area (Å²) >= 11 is 0. The second-order valence-corrected chi connectivity index (χ2v) is 17.4. The third-order valence-electron chi connectivity index (χ3n) is 9.11. The van der Waals surface area contributed by atoms with E-state index in [4.69, 9.17) is 9.47 Å². The lowest BCUT2D eigenvalue weighted by Crippen LogP contribution is -2.63. The highest BCUT2D eigenvalue weighted by atomic mass is 32.2. The molecule has 1 unspecified atom stereocenters. The maximum absolute atomic E-state index is 13.6. The zero-order valence-electron chi connectivity index (χ0n) is 31.9. The number of likely N-dealkylation sites (tertiary alicyclic amines) is 1. The SMILES string of the molecule is COc1cc(CCNC(=O)[C@H](CC(F)F)NC(=O)[C@@H]2CCCN2C(O)[C@@H](NC(=O)N[C@H](CN(C)S(C)(=O)=O)C(C)(C)C)C(C)(C)C)cc(OC)c1O. The van der Waals surface area contributed by atoms with E-state index in [1.807, 2.05) is 20.8 Å². The largest absolute Gasteiger partial charge is 0.502 e. The molecule has 0 spiro atoms. The van der Waals surface area contributed by atoms with E-state index in [-0.39, 0.29) is 49.7 Å². The van der Waals surface area contributed by atoms with Gasteiger partial charge < -0.3 is 41.0 Å². The first kappa shape index (κ1) is 44.7. The number of hydrogen-bond donors (Lipinski definition) is 6. The molecule has 0 aliphatic carbocycles. The monoisotopic (exact) mass is 764 g/mol. The molecule has 1 saturated heterocycles. The summed E-state index contributed by atoms with van der Waals surface area (Å²) in [5.41, 5.74) is -0.661. The number of sulfonamides is 1. The quantitative estimate of drug-likeness (QED) is 0.137. The number of amides is 4. The second-order valence-electron chi connectivity index (χ2n) is 15.3. The van der Waals surface area contributed by atoms with Crippen LogP contribution < -0.4 is 30.7 Å². The number of phenolic OH excluding ortho intramolecular Hbond substituents is 1. The number of aliphatic hydroxyl groups excluding tert-OH is 1. The number of nitrogens with zero attached hydrogens (tertiary/aromatic N) is 2. The Morgan fingerprint density at radius 1 is 1.02 bits per heavy atom. The van der Waals surface area contributed by atoms with E-state index in [1.54, 1.807) is 32.9 Å². The van der Waals surface area contributed by atoms with Gasteiger partial charge in [0.1, 0.15) is 12.3 Å². The molecular weight excluding hydrogens is 706 g/mol. The predicted octanol–water partition coefficient (Wildman–Crippen LogP) is 2.01. The average molecular weight is 765 g/mol. The number of ether oxygens (including phenoxy) is 2. The van der Waals surface area contributed by atoms with Crippen molar-refractivity contribution in [2.24, 2.45) is 10.8 Å². The lowest BCUT2D eigenvalue weighted by Gasteiger charge is -2.41. The maximum Gasteiger partial charge on any atom is 0.315 e. The van der Waals surface area contributed by atoms with E-state index in [2.05, 4.69) is 21.3 Å². The van der Waals surface area contributed by atoms with Crippen LogP contribution in [0.3, 0.4) is 0 Å². The highest BCUT2D eigenvalue weighted by Gasteiger charge is 2.43. The van der Waals surface area contributed by atoms with Crippen LogP contribution in [0.1, 0.15) is 66.4 Å². The smallest absolute Gasteiger partial charge is 0.315 e. The number of alkyl halides is 2. The van der Waals surface area contributed by atoms with E-state index < -0.39 is 81.9 Å². The van der Waals surface area contributed by atoms with Gasteiger partial charge in [-0.05, 0) is 47.8 Å². The number of urea groups is 1. The van der Waals surface area contributed by atoms with E-state index >= 15 is 0 Å². The summed E-state index contributed by atoms with van der Waals surface area (Å²) in [5.74, 6) is -1.43. The van der Waals surface area contributed by atoms with Crippen molar-refractivity contribution in [1.29, 1.82) is 0 Å². The number of hydrogen-bond acceptors (Lipinski definition) is 10. The van der Waals surface area contributed by atoms with Gasteiger partial charge in [0.2, 0.25) is 34.0 Å². The molecule has 0 aromatic heterocycles. The van der Waals surface area contributed by atoms with Crippen molar-refractivity contribution >= 4 is 27.9 Å². The highest BCUT2D eigenvalue weighted by Crippen LogP contribution is 2.37. The highest BCUT2D eigenvalue weighted by molar-refractivity contribution is 7.88. The van der Waals surface area contributed by atoms with Gasteiger partial charge in [-0.1, -0.05) is 41.5 Å². The lowest BCUT2D eigenvalue weighted by molar-refractivity contribution is -0.136. The van der Waals surface area contributed by atoms with Crippen molar-refractivity contribution in [3.05, 3.63) is 17.7 Å². The minimum atomic E-state index is -3.53. The van der Waals surface area contributed by atoms with Crippen LogP contribution in [-0.2, 0) is 26.0 Å². The second kappa shape index (κ2) is 18.5. The Hall–Kier alpha value is -3.48. The Morgan fingerprint density at radius 3 is 2.08 bits per heavy atom. The molecule has 15 nitrogen and oxygen atoms in total. The molecule has 1 aromatic carbocycles. The fourth-order valence-corrected chi connectivity index (χ4v) is 6.23. The summed E-state index contributed by atoms with van der Waals surface area (Å²) in [7, 11) is 0.621. The number of rotatable bonds is 17. The molecule has 0 radical (unpaired) electrons. The first-order valence-electron chi connectivity index (χ1n) is 17.1. The van der Waals surface area contributed by atoms with Crippen molar-refractivity contribution in [1.82, 2.24) is 30.5 Å². The minimum absolute atomic E-state index is 0.000524. The number of halogens is 2. The number of aromatic hydroxyl groups is 1. The molecule has 52 heavy (non-hydrogen) atoms. The van der Waals surface area contributed by atoms with Crippen LogP contribution >= 0.6 is 0 Å². The summed E-state index contributed by atoms with van der Waals surface area (Å²) < 4.78 is 62.8. The van der Waals surface area contributed by atoms with Crippen LogP contribution in [0.15, 0.2) is 12.1 Å². The Balaban J connectivity index is 2.17. The third-order valence-corrected chi connectivity index (χ3v) is 10.4. The van der Waals surface area contributed by atoms with Crippen molar-refractivity contribution in [3.8, 4) is 17.2 Å². The third kappa shape index (κ3) is 12.9. The molecule has 18 heteroatoms. The van der Waals surface area contributed by atoms with Crippen LogP contribution in [0.4, 0.5) is 13.6 Å². The molecule has 6 N–H and O–H groups in total. The zero-order chi connectivity index (χ0) is 39.8. The van der Waals surface area contributed by atoms with Crippen molar-refractivity contribution in [3.63, 3.8) is 0 Å². The Bertz CT molecular complexity index is 1460. The molecule has 1 aromatic rings. The minimum Gasteiger partial charge on any atom is -0.502 e. The number of phenols is 1. The number of methoxy groups -OCH3 is 2. The van der Waals surface area contributed by atoms with Gasteiger partial charge in [-0.15, -0.1) is 0 Å². The number of likely N-dealkylation sites (N-methyl/N-ethyl adjacent to an activating group) is 1. The molecule has 1 fully saturated rings. The Morgan fingerprint density at radius 2 is 1.60 bits per heavy atom. The van der Waals surface area contributed by atoms with Crippen LogP contribution in [-0.4, -0.2) is 130 Å². The standard InChI is InChI=1S/C34H58F2N6O9S/c1-33(2,3)25(19-41(7)52(10,48)49)39-32(47)40-28(34(4,5)6)31(46)42-15-11-12-22(42)30(45)38-21(18-26(35)36)29(44)37-14-13-20-16-23(50-8)27(43)24(17-20)51-9/h16-17,21-22,25-26,28,31,43,46H,11-15,18-19H2,1-10H3,(H,37,44)(H,38,45)(H2,39,40,47)/t21-,22-,25+,28+,31?/m0/s1. The summed E-state index contributed by atoms with van der Waals surface area (Å²) in [5, 5.41) is 32.5. The maximum atomic E-state index is 13.6. The van der Waals surface area contributed by atoms with E-state index in [0.29, 0.717) is 12.0 Å². The van der Waals surface area contributed by atoms with Crippen LogP contribution in [0.5, 0.6) is 17.2 Å². The van der Waals surface area contributed by atoms with Gasteiger partial charge in [0.25, 0.3) is 0 Å². The van der Waals surface area contributed by atoms with Crippen molar-refractivity contribution < 1.29 is 51.3 Å². The molecule has 1 heterocycles. The number of carbonyl (C=O) groups is 3. The molecule has 4 amide bonds. The summed E-state index contributed by atoms with van der Waals surface area (Å²) in [6.45, 7) is 11.2. The first-order valence-corrected chi connectivity index (χ1v) is 19.0. The van der Waals surface area contributed by atoms with E-state index in [9.17, 15) is 41.8 Å². The average Bonchev–Trinajstić information content (AvgIpc) is 3.52. The molecule has 0 bridgehead atoms. The molecular formula is C34H58F2N6O9S. The molecule has 1 aliphatic heterocycles. The Labute approximate surface area is 306 Å². The summed E-state index contributed by atoms with van der Waals surface area (Å²) in [6.07, 6.45) is -3.19. The number of benzene rings is 1. The van der Waals surface area contributed by atoms with Crippen LogP contribution in [0.2, 0.25) is 0 Å². The normalized spacial score (nSPS) is 18.0. The van der Waals surface area contributed by atoms with Gasteiger partial charge in [0.15, 0.2) is 11.5 Å². The Kier molecular flexibility index (Phi) is 15.9. The molecule has 0 saturated carbocycles. The first-order chi connectivity index (χ1) is 23.9. The van der Waals surface area contributed by atoms with Crippen LogP contribution in [0.25, 0.3) is 0 Å². The van der Waals surface area contributed by atoms with E-state index in [1.165, 1.54) is 26.2 Å². The number of carbonyl (C=O) groups excluding carboxylic acids is 3.